The lowest BCUT2D eigenvalue weighted by molar-refractivity contribution is 0.0278. The van der Waals surface area contributed by atoms with Gasteiger partial charge in [-0.3, -0.25) is 4.90 Å². The van der Waals surface area contributed by atoms with E-state index in [9.17, 15) is 4.79 Å². The number of ether oxygens (including phenoxy) is 1. The average molecular weight is 405 g/mol. The maximum absolute atomic E-state index is 12.3. The third-order valence-corrected chi connectivity index (χ3v) is 2.95. The van der Waals surface area contributed by atoms with E-state index in [1.165, 1.54) is 0 Å². The SMILES string of the molecule is CC(c1ccccc1)N(C=C(Br)Br)C(=O)OC(C)(C)C. The van der Waals surface area contributed by atoms with E-state index in [0.29, 0.717) is 3.39 Å². The van der Waals surface area contributed by atoms with Gasteiger partial charge in [-0.1, -0.05) is 30.3 Å². The average Bonchev–Trinajstić information content (AvgIpc) is 2.34. The summed E-state index contributed by atoms with van der Waals surface area (Å²) in [6, 6.07) is 9.69. The van der Waals surface area contributed by atoms with E-state index < -0.39 is 5.60 Å². The van der Waals surface area contributed by atoms with Crippen LogP contribution in [-0.4, -0.2) is 16.6 Å². The van der Waals surface area contributed by atoms with Crippen LogP contribution in [0.3, 0.4) is 0 Å². The Kier molecular flexibility index (Phi) is 6.27. The summed E-state index contributed by atoms with van der Waals surface area (Å²) in [5.41, 5.74) is 0.508. The topological polar surface area (TPSA) is 29.5 Å². The Bertz CT molecular complexity index is 476. The van der Waals surface area contributed by atoms with Crippen LogP contribution in [-0.2, 0) is 4.74 Å². The summed E-state index contributed by atoms with van der Waals surface area (Å²) in [6.07, 6.45) is 1.29. The Morgan fingerprint density at radius 2 is 1.80 bits per heavy atom. The maximum atomic E-state index is 12.3. The normalized spacial score (nSPS) is 12.5. The summed E-state index contributed by atoms with van der Waals surface area (Å²) in [5.74, 6) is 0. The van der Waals surface area contributed by atoms with Crippen molar-refractivity contribution in [3.63, 3.8) is 0 Å². The zero-order chi connectivity index (χ0) is 15.3. The first kappa shape index (κ1) is 17.2. The van der Waals surface area contributed by atoms with E-state index >= 15 is 0 Å². The molecule has 1 aromatic carbocycles. The number of nitrogens with zero attached hydrogens (tertiary/aromatic N) is 1. The first-order valence-electron chi connectivity index (χ1n) is 6.30. The van der Waals surface area contributed by atoms with E-state index in [2.05, 4.69) is 31.9 Å². The van der Waals surface area contributed by atoms with Crippen LogP contribution in [0.25, 0.3) is 0 Å². The van der Waals surface area contributed by atoms with Crippen molar-refractivity contribution in [1.82, 2.24) is 4.90 Å². The van der Waals surface area contributed by atoms with Crippen molar-refractivity contribution in [3.05, 3.63) is 45.5 Å². The number of carbonyl (C=O) groups is 1. The number of rotatable bonds is 3. The van der Waals surface area contributed by atoms with Crippen LogP contribution in [0, 0.1) is 0 Å². The Morgan fingerprint density at radius 3 is 2.25 bits per heavy atom. The van der Waals surface area contributed by atoms with E-state index in [1.807, 2.05) is 58.0 Å². The highest BCUT2D eigenvalue weighted by Gasteiger charge is 2.25. The summed E-state index contributed by atoms with van der Waals surface area (Å²) in [6.45, 7) is 7.51. The van der Waals surface area contributed by atoms with E-state index in [0.717, 1.165) is 5.56 Å². The summed E-state index contributed by atoms with van der Waals surface area (Å²) in [5, 5.41) is 0. The first-order chi connectivity index (χ1) is 9.20. The van der Waals surface area contributed by atoms with Crippen LogP contribution in [0.1, 0.15) is 39.3 Å². The highest BCUT2D eigenvalue weighted by molar-refractivity contribution is 9.28. The lowest BCUT2D eigenvalue weighted by Gasteiger charge is -2.29. The van der Waals surface area contributed by atoms with Gasteiger partial charge in [0.25, 0.3) is 0 Å². The smallest absolute Gasteiger partial charge is 0.414 e. The Hall–Kier alpha value is -0.810. The van der Waals surface area contributed by atoms with Gasteiger partial charge >= 0.3 is 6.09 Å². The van der Waals surface area contributed by atoms with Crippen LogP contribution < -0.4 is 0 Å². The van der Waals surface area contributed by atoms with Crippen molar-refractivity contribution in [3.8, 4) is 0 Å². The fraction of sp³-hybridized carbons (Fsp3) is 0.400. The molecule has 3 nitrogen and oxygen atoms in total. The molecule has 0 N–H and O–H groups in total. The monoisotopic (exact) mass is 403 g/mol. The Morgan fingerprint density at radius 1 is 1.25 bits per heavy atom. The molecule has 0 saturated heterocycles. The molecule has 0 fully saturated rings. The molecule has 110 valence electrons. The predicted molar refractivity (Wildman–Crippen MR) is 88.9 cm³/mol. The molecule has 1 rings (SSSR count). The first-order valence-corrected chi connectivity index (χ1v) is 7.88. The molecule has 1 amide bonds. The molecule has 0 saturated carbocycles. The van der Waals surface area contributed by atoms with Gasteiger partial charge in [0.2, 0.25) is 0 Å². The van der Waals surface area contributed by atoms with Gasteiger partial charge in [-0.2, -0.15) is 0 Å². The quantitative estimate of drug-likeness (QED) is 0.658. The van der Waals surface area contributed by atoms with Crippen LogP contribution in [0.2, 0.25) is 0 Å². The van der Waals surface area contributed by atoms with Crippen molar-refractivity contribution in [2.24, 2.45) is 0 Å². The van der Waals surface area contributed by atoms with Crippen molar-refractivity contribution in [2.45, 2.75) is 39.3 Å². The van der Waals surface area contributed by atoms with E-state index in [4.69, 9.17) is 4.74 Å². The van der Waals surface area contributed by atoms with Crippen LogP contribution >= 0.6 is 31.9 Å². The Labute approximate surface area is 137 Å². The third kappa shape index (κ3) is 5.67. The zero-order valence-electron chi connectivity index (χ0n) is 12.1. The van der Waals surface area contributed by atoms with Gasteiger partial charge in [0.05, 0.1) is 9.43 Å². The minimum absolute atomic E-state index is 0.129. The van der Waals surface area contributed by atoms with Crippen LogP contribution in [0.15, 0.2) is 39.9 Å². The Balaban J connectivity index is 3.01. The standard InChI is InChI=1S/C15H19Br2NO2/c1-11(12-8-6-5-7-9-12)18(10-13(16)17)14(19)20-15(2,3)4/h5-11H,1-4H3. The number of amides is 1. The fourth-order valence-electron chi connectivity index (χ4n) is 1.63. The summed E-state index contributed by atoms with van der Waals surface area (Å²) < 4.78 is 6.12. The molecule has 1 aromatic rings. The van der Waals surface area contributed by atoms with E-state index in [-0.39, 0.29) is 12.1 Å². The summed E-state index contributed by atoms with van der Waals surface area (Å²) in [4.78, 5) is 13.9. The second-order valence-electron chi connectivity index (χ2n) is 5.39. The van der Waals surface area contributed by atoms with Crippen molar-refractivity contribution >= 4 is 38.0 Å². The molecule has 0 aliphatic rings. The molecule has 0 bridgehead atoms. The third-order valence-electron chi connectivity index (χ3n) is 2.54. The van der Waals surface area contributed by atoms with Gasteiger partial charge in [-0.05, 0) is 65.1 Å². The van der Waals surface area contributed by atoms with Crippen LogP contribution in [0.5, 0.6) is 0 Å². The summed E-state index contributed by atoms with van der Waals surface area (Å²) >= 11 is 6.58. The van der Waals surface area contributed by atoms with E-state index in [1.54, 1.807) is 11.1 Å². The molecule has 5 heteroatoms. The molecule has 0 radical (unpaired) electrons. The molecule has 1 atom stereocenters. The number of benzene rings is 1. The van der Waals surface area contributed by atoms with Crippen molar-refractivity contribution in [2.75, 3.05) is 0 Å². The molecular weight excluding hydrogens is 386 g/mol. The molecule has 1 unspecified atom stereocenters. The lowest BCUT2D eigenvalue weighted by Crippen LogP contribution is -2.35. The molecule has 0 aliphatic heterocycles. The van der Waals surface area contributed by atoms with Crippen molar-refractivity contribution in [1.29, 1.82) is 0 Å². The number of carbonyl (C=O) groups excluding carboxylic acids is 1. The minimum atomic E-state index is -0.529. The number of hydrogen-bond donors (Lipinski definition) is 0. The van der Waals surface area contributed by atoms with Crippen LogP contribution in [0.4, 0.5) is 4.79 Å². The van der Waals surface area contributed by atoms with Gasteiger partial charge in [0.15, 0.2) is 0 Å². The van der Waals surface area contributed by atoms with Gasteiger partial charge in [0.1, 0.15) is 5.60 Å². The fourth-order valence-corrected chi connectivity index (χ4v) is 2.08. The molecule has 20 heavy (non-hydrogen) atoms. The lowest BCUT2D eigenvalue weighted by atomic mass is 10.1. The zero-order valence-corrected chi connectivity index (χ0v) is 15.2. The molecule has 0 spiro atoms. The molecule has 0 aromatic heterocycles. The molecule has 0 heterocycles. The van der Waals surface area contributed by atoms with Gasteiger partial charge < -0.3 is 4.74 Å². The largest absolute Gasteiger partial charge is 0.443 e. The number of halogens is 2. The van der Waals surface area contributed by atoms with Gasteiger partial charge in [-0.25, -0.2) is 4.79 Å². The second kappa shape index (κ2) is 7.27. The van der Waals surface area contributed by atoms with Gasteiger partial charge in [-0.15, -0.1) is 0 Å². The highest BCUT2D eigenvalue weighted by atomic mass is 79.9. The van der Waals surface area contributed by atoms with Gasteiger partial charge in [0, 0.05) is 6.20 Å². The van der Waals surface area contributed by atoms with Crippen molar-refractivity contribution < 1.29 is 9.53 Å². The predicted octanol–water partition coefficient (Wildman–Crippen LogP) is 5.57. The minimum Gasteiger partial charge on any atom is -0.443 e. The summed E-state index contributed by atoms with van der Waals surface area (Å²) in [7, 11) is 0. The molecule has 0 aliphatic carbocycles. The molecular formula is C15H19Br2NO2. The highest BCUT2D eigenvalue weighted by Crippen LogP contribution is 2.26. The second-order valence-corrected chi connectivity index (χ2v) is 8.17. The maximum Gasteiger partial charge on any atom is 0.414 e. The number of hydrogen-bond acceptors (Lipinski definition) is 2.